The summed E-state index contributed by atoms with van der Waals surface area (Å²) in [5.74, 6) is -0.413. The average Bonchev–Trinajstić information content (AvgIpc) is 2.79. The van der Waals surface area contributed by atoms with Gasteiger partial charge in [-0.05, 0) is 48.0 Å². The summed E-state index contributed by atoms with van der Waals surface area (Å²) < 4.78 is 40.8. The van der Waals surface area contributed by atoms with E-state index >= 15 is 0 Å². The first-order chi connectivity index (χ1) is 16.2. The zero-order valence-corrected chi connectivity index (χ0v) is 18.1. The van der Waals surface area contributed by atoms with Crippen molar-refractivity contribution in [3.8, 4) is 5.75 Å². The highest BCUT2D eigenvalue weighted by Gasteiger charge is 2.31. The lowest BCUT2D eigenvalue weighted by molar-refractivity contribution is -0.274. The number of alkyl halides is 3. The van der Waals surface area contributed by atoms with Crippen LogP contribution in [0.15, 0.2) is 83.8 Å². The van der Waals surface area contributed by atoms with Crippen molar-refractivity contribution in [2.24, 2.45) is 0 Å². The van der Waals surface area contributed by atoms with Gasteiger partial charge in [0.1, 0.15) is 5.75 Å². The number of carbonyl (C=O) groups excluding carboxylic acids is 1. The minimum absolute atomic E-state index is 0.237. The molecule has 0 aliphatic heterocycles. The Morgan fingerprint density at radius 3 is 2.38 bits per heavy atom. The number of benzene rings is 3. The van der Waals surface area contributed by atoms with Crippen molar-refractivity contribution in [3.63, 3.8) is 0 Å². The molecule has 0 saturated heterocycles. The number of halogens is 4. The summed E-state index contributed by atoms with van der Waals surface area (Å²) in [7, 11) is 0. The van der Waals surface area contributed by atoms with E-state index < -0.39 is 24.2 Å². The molecule has 1 atom stereocenters. The molecule has 0 fully saturated rings. The molecule has 1 aromatic heterocycles. The quantitative estimate of drug-likeness (QED) is 0.323. The van der Waals surface area contributed by atoms with E-state index in [1.54, 1.807) is 48.5 Å². The van der Waals surface area contributed by atoms with Crippen LogP contribution >= 0.6 is 11.6 Å². The summed E-state index contributed by atoms with van der Waals surface area (Å²) in [5, 5.41) is 6.19. The van der Waals surface area contributed by atoms with Gasteiger partial charge in [0.25, 0.3) is 0 Å². The lowest BCUT2D eigenvalue weighted by atomic mass is 9.98. The van der Waals surface area contributed by atoms with Crippen LogP contribution in [-0.4, -0.2) is 17.4 Å². The lowest BCUT2D eigenvalue weighted by Crippen LogP contribution is -2.35. The normalized spacial score (nSPS) is 12.2. The van der Waals surface area contributed by atoms with Gasteiger partial charge in [0.2, 0.25) is 0 Å². The molecule has 4 rings (SSSR count). The number of carbonyl (C=O) groups is 1. The molecule has 0 radical (unpaired) electrons. The Balaban J connectivity index is 1.60. The van der Waals surface area contributed by atoms with Gasteiger partial charge < -0.3 is 20.4 Å². The van der Waals surface area contributed by atoms with E-state index in [1.165, 1.54) is 18.3 Å². The minimum Gasteiger partial charge on any atom is -0.406 e. The first kappa shape index (κ1) is 23.2. The number of amides is 2. The number of hydrogen-bond acceptors (Lipinski definition) is 3. The Bertz CT molecular complexity index is 1370. The summed E-state index contributed by atoms with van der Waals surface area (Å²) in [5.41, 5.74) is 1.46. The Kier molecular flexibility index (Phi) is 6.47. The molecular formula is C24H17ClF3N3O3. The van der Waals surface area contributed by atoms with Gasteiger partial charge in [-0.1, -0.05) is 41.9 Å². The van der Waals surface area contributed by atoms with Gasteiger partial charge in [-0.15, -0.1) is 13.2 Å². The zero-order valence-electron chi connectivity index (χ0n) is 17.3. The highest BCUT2D eigenvalue weighted by atomic mass is 35.5. The fourth-order valence-electron chi connectivity index (χ4n) is 3.45. The number of ether oxygens (including phenoxy) is 1. The fourth-order valence-corrected chi connectivity index (χ4v) is 3.62. The number of pyridine rings is 1. The van der Waals surface area contributed by atoms with Crippen molar-refractivity contribution in [2.45, 2.75) is 12.4 Å². The summed E-state index contributed by atoms with van der Waals surface area (Å²) in [6, 6.07) is 16.9. The van der Waals surface area contributed by atoms with Crippen molar-refractivity contribution in [1.82, 2.24) is 10.3 Å². The smallest absolute Gasteiger partial charge is 0.406 e. The van der Waals surface area contributed by atoms with Gasteiger partial charge in [0, 0.05) is 27.9 Å². The molecule has 34 heavy (non-hydrogen) atoms. The molecule has 6 nitrogen and oxygen atoms in total. The second kappa shape index (κ2) is 9.48. The second-order valence-corrected chi connectivity index (χ2v) is 7.71. The van der Waals surface area contributed by atoms with Crippen molar-refractivity contribution >= 4 is 34.2 Å². The van der Waals surface area contributed by atoms with E-state index in [1.807, 2.05) is 0 Å². The summed E-state index contributed by atoms with van der Waals surface area (Å²) in [6.45, 7) is 0. The number of fused-ring (bicyclic) bond motifs is 1. The van der Waals surface area contributed by atoms with E-state index in [0.717, 1.165) is 12.1 Å². The molecule has 3 N–H and O–H groups in total. The Morgan fingerprint density at radius 1 is 1.00 bits per heavy atom. The van der Waals surface area contributed by atoms with Gasteiger partial charge in [-0.3, -0.25) is 4.79 Å². The predicted octanol–water partition coefficient (Wildman–Crippen LogP) is 5.99. The van der Waals surface area contributed by atoms with Crippen LogP contribution in [0, 0.1) is 0 Å². The third-order valence-corrected chi connectivity index (χ3v) is 5.17. The van der Waals surface area contributed by atoms with Gasteiger partial charge in [0.05, 0.1) is 11.6 Å². The van der Waals surface area contributed by atoms with Gasteiger partial charge in [0.15, 0.2) is 5.43 Å². The van der Waals surface area contributed by atoms with Crippen molar-refractivity contribution in [1.29, 1.82) is 0 Å². The maximum atomic E-state index is 13.2. The number of anilines is 1. The summed E-state index contributed by atoms with van der Waals surface area (Å²) in [4.78, 5) is 29.0. The zero-order chi connectivity index (χ0) is 24.3. The number of nitrogens with one attached hydrogen (secondary N) is 3. The molecule has 0 spiro atoms. The third kappa shape index (κ3) is 5.49. The lowest BCUT2D eigenvalue weighted by Gasteiger charge is -2.20. The number of aromatic nitrogens is 1. The molecule has 174 valence electrons. The predicted molar refractivity (Wildman–Crippen MR) is 123 cm³/mol. The maximum absolute atomic E-state index is 13.2. The molecule has 1 heterocycles. The van der Waals surface area contributed by atoms with Gasteiger partial charge >= 0.3 is 12.4 Å². The molecule has 1 unspecified atom stereocenters. The number of hydrogen-bond donors (Lipinski definition) is 3. The second-order valence-electron chi connectivity index (χ2n) is 7.28. The highest BCUT2D eigenvalue weighted by molar-refractivity contribution is 6.31. The van der Waals surface area contributed by atoms with Crippen LogP contribution in [0.5, 0.6) is 5.75 Å². The van der Waals surface area contributed by atoms with E-state index in [9.17, 15) is 22.8 Å². The van der Waals surface area contributed by atoms with E-state index in [0.29, 0.717) is 27.1 Å². The SMILES string of the molecule is O=C(Nc1ccc(OC(F)(F)F)cc1)NC(c1ccccc1)c1c[nH]c2cc(Cl)ccc2c1=O. The molecular weight excluding hydrogens is 471 g/mol. The largest absolute Gasteiger partial charge is 0.573 e. The third-order valence-electron chi connectivity index (χ3n) is 4.94. The molecule has 0 saturated carbocycles. The average molecular weight is 488 g/mol. The van der Waals surface area contributed by atoms with Gasteiger partial charge in [-0.25, -0.2) is 4.79 Å². The number of aromatic amines is 1. The number of urea groups is 1. The van der Waals surface area contributed by atoms with Crippen LogP contribution < -0.4 is 20.8 Å². The van der Waals surface area contributed by atoms with Crippen LogP contribution in [0.1, 0.15) is 17.2 Å². The van der Waals surface area contributed by atoms with Crippen molar-refractivity contribution in [2.75, 3.05) is 5.32 Å². The summed E-state index contributed by atoms with van der Waals surface area (Å²) >= 11 is 6.01. The molecule has 0 aliphatic carbocycles. The van der Waals surface area contributed by atoms with Crippen molar-refractivity contribution in [3.05, 3.63) is 105 Å². The topological polar surface area (TPSA) is 83.2 Å². The maximum Gasteiger partial charge on any atom is 0.573 e. The molecule has 2 amide bonds. The van der Waals surface area contributed by atoms with Crippen LogP contribution in [-0.2, 0) is 0 Å². The molecule has 3 aromatic carbocycles. The van der Waals surface area contributed by atoms with E-state index in [2.05, 4.69) is 20.4 Å². The summed E-state index contributed by atoms with van der Waals surface area (Å²) in [6.07, 6.45) is -3.30. The Labute approximate surface area is 196 Å². The van der Waals surface area contributed by atoms with E-state index in [-0.39, 0.29) is 11.1 Å². The Morgan fingerprint density at radius 2 is 1.71 bits per heavy atom. The highest BCUT2D eigenvalue weighted by Crippen LogP contribution is 2.25. The first-order valence-corrected chi connectivity index (χ1v) is 10.4. The fraction of sp³-hybridized carbons (Fsp3) is 0.0833. The van der Waals surface area contributed by atoms with Crippen LogP contribution in [0.2, 0.25) is 5.02 Å². The molecule has 0 aliphatic rings. The Hall–Kier alpha value is -3.98. The monoisotopic (exact) mass is 487 g/mol. The molecule has 4 aromatic rings. The molecule has 10 heteroatoms. The molecule has 0 bridgehead atoms. The van der Waals surface area contributed by atoms with Gasteiger partial charge in [-0.2, -0.15) is 0 Å². The number of H-pyrrole nitrogens is 1. The van der Waals surface area contributed by atoms with Crippen molar-refractivity contribution < 1.29 is 22.7 Å². The first-order valence-electron chi connectivity index (χ1n) is 9.99. The number of rotatable bonds is 5. The van der Waals surface area contributed by atoms with Crippen LogP contribution in [0.4, 0.5) is 23.7 Å². The minimum atomic E-state index is -4.81. The van der Waals surface area contributed by atoms with E-state index in [4.69, 9.17) is 11.6 Å². The van der Waals surface area contributed by atoms with Crippen LogP contribution in [0.3, 0.4) is 0 Å². The van der Waals surface area contributed by atoms with Crippen LogP contribution in [0.25, 0.3) is 10.9 Å². The standard InChI is InChI=1S/C24H17ClF3N3O3/c25-15-6-11-18-20(12-15)29-13-19(22(18)32)21(14-4-2-1-3-5-14)31-23(33)30-16-7-9-17(10-8-16)34-24(26,27)28/h1-13,21H,(H,29,32)(H2,30,31,33).